The number of anilines is 2. The lowest BCUT2D eigenvalue weighted by molar-refractivity contribution is -0.121. The Bertz CT molecular complexity index is 379. The molecule has 6 heteroatoms. The molecule has 0 saturated carbocycles. The van der Waals surface area contributed by atoms with Crippen molar-refractivity contribution in [2.45, 2.75) is 6.42 Å². The molecule has 0 radical (unpaired) electrons. The number of nitrogens with one attached hydrogen (secondary N) is 2. The van der Waals surface area contributed by atoms with Crippen molar-refractivity contribution in [3.8, 4) is 0 Å². The van der Waals surface area contributed by atoms with Crippen molar-refractivity contribution in [3.05, 3.63) is 23.2 Å². The Morgan fingerprint density at radius 1 is 1.44 bits per heavy atom. The molecule has 4 N–H and O–H groups in total. The van der Waals surface area contributed by atoms with E-state index in [4.69, 9.17) is 22.1 Å². The van der Waals surface area contributed by atoms with Crippen LogP contribution in [0.25, 0.3) is 0 Å². The van der Waals surface area contributed by atoms with E-state index in [-0.39, 0.29) is 5.91 Å². The van der Waals surface area contributed by atoms with Crippen LogP contribution in [-0.2, 0) is 9.53 Å². The molecule has 0 bridgehead atoms. The zero-order chi connectivity index (χ0) is 13.4. The number of rotatable bonds is 7. The van der Waals surface area contributed by atoms with Crippen molar-refractivity contribution < 1.29 is 9.53 Å². The second kappa shape index (κ2) is 7.79. The normalized spacial score (nSPS) is 10.1. The number of halogens is 1. The van der Waals surface area contributed by atoms with E-state index < -0.39 is 0 Å². The fraction of sp³-hybridized carbons (Fsp3) is 0.417. The molecule has 100 valence electrons. The van der Waals surface area contributed by atoms with Crippen LogP contribution >= 0.6 is 11.6 Å². The summed E-state index contributed by atoms with van der Waals surface area (Å²) in [6.07, 6.45) is 0.356. The van der Waals surface area contributed by atoms with E-state index in [0.29, 0.717) is 42.5 Å². The minimum Gasteiger partial charge on any atom is -0.397 e. The highest BCUT2D eigenvalue weighted by molar-refractivity contribution is 6.33. The number of benzene rings is 1. The quantitative estimate of drug-likeness (QED) is 0.519. The van der Waals surface area contributed by atoms with Crippen molar-refractivity contribution >= 4 is 28.9 Å². The minimum atomic E-state index is -0.0369. The van der Waals surface area contributed by atoms with Crippen LogP contribution in [0.2, 0.25) is 5.02 Å². The maximum Gasteiger partial charge on any atom is 0.221 e. The number of carbonyl (C=O) groups is 1. The smallest absolute Gasteiger partial charge is 0.221 e. The zero-order valence-corrected chi connectivity index (χ0v) is 11.1. The van der Waals surface area contributed by atoms with Crippen LogP contribution in [0.1, 0.15) is 6.42 Å². The summed E-state index contributed by atoms with van der Waals surface area (Å²) < 4.78 is 4.83. The molecule has 5 nitrogen and oxygen atoms in total. The Labute approximate surface area is 112 Å². The molecule has 18 heavy (non-hydrogen) atoms. The summed E-state index contributed by atoms with van der Waals surface area (Å²) in [6.45, 7) is 1.51. The van der Waals surface area contributed by atoms with Gasteiger partial charge in [-0.15, -0.1) is 0 Å². The topological polar surface area (TPSA) is 76.4 Å². The van der Waals surface area contributed by atoms with Crippen LogP contribution in [0.5, 0.6) is 0 Å². The zero-order valence-electron chi connectivity index (χ0n) is 10.3. The molecule has 0 aliphatic rings. The summed E-state index contributed by atoms with van der Waals surface area (Å²) in [7, 11) is 1.59. The Morgan fingerprint density at radius 2 is 2.22 bits per heavy atom. The number of hydrogen-bond donors (Lipinski definition) is 3. The molecule has 0 aromatic heterocycles. The molecule has 0 spiro atoms. The number of para-hydroxylation sites is 1. The van der Waals surface area contributed by atoms with Gasteiger partial charge in [-0.25, -0.2) is 0 Å². The summed E-state index contributed by atoms with van der Waals surface area (Å²) in [5, 5.41) is 6.34. The van der Waals surface area contributed by atoms with Gasteiger partial charge in [-0.2, -0.15) is 0 Å². The molecule has 0 heterocycles. The number of carbonyl (C=O) groups excluding carboxylic acids is 1. The predicted octanol–water partition coefficient (Wildman–Crippen LogP) is 1.49. The lowest BCUT2D eigenvalue weighted by Crippen LogP contribution is -2.28. The van der Waals surface area contributed by atoms with Gasteiger partial charge in [0.25, 0.3) is 0 Å². The third kappa shape index (κ3) is 4.81. The highest BCUT2D eigenvalue weighted by Gasteiger charge is 2.05. The average Bonchev–Trinajstić information content (AvgIpc) is 2.33. The summed E-state index contributed by atoms with van der Waals surface area (Å²) in [5.41, 5.74) is 7.01. The molecule has 0 aliphatic heterocycles. The first-order valence-electron chi connectivity index (χ1n) is 5.68. The average molecular weight is 272 g/mol. The standard InChI is InChI=1S/C12H18ClN3O2/c1-18-8-7-15-11(17)5-6-16-12-9(13)3-2-4-10(12)14/h2-4,16H,5-8,14H2,1H3,(H,15,17). The summed E-state index contributed by atoms with van der Waals surface area (Å²) in [4.78, 5) is 11.4. The van der Waals surface area contributed by atoms with E-state index in [0.717, 1.165) is 0 Å². The van der Waals surface area contributed by atoms with Crippen LogP contribution in [0.4, 0.5) is 11.4 Å². The molecule has 1 amide bonds. The Morgan fingerprint density at radius 3 is 2.89 bits per heavy atom. The lowest BCUT2D eigenvalue weighted by atomic mass is 10.2. The maximum absolute atomic E-state index is 11.4. The predicted molar refractivity (Wildman–Crippen MR) is 73.9 cm³/mol. The first-order chi connectivity index (χ1) is 8.65. The van der Waals surface area contributed by atoms with E-state index in [2.05, 4.69) is 10.6 Å². The van der Waals surface area contributed by atoms with Gasteiger partial charge in [0.05, 0.1) is 23.0 Å². The third-order valence-electron chi connectivity index (χ3n) is 2.33. The fourth-order valence-corrected chi connectivity index (χ4v) is 1.66. The molecule has 0 atom stereocenters. The number of ether oxygens (including phenoxy) is 1. The van der Waals surface area contributed by atoms with Gasteiger partial charge < -0.3 is 21.1 Å². The van der Waals surface area contributed by atoms with E-state index in [1.54, 1.807) is 25.3 Å². The number of methoxy groups -OCH3 is 1. The number of amides is 1. The monoisotopic (exact) mass is 271 g/mol. The molecule has 0 aliphatic carbocycles. The van der Waals surface area contributed by atoms with Crippen molar-refractivity contribution in [2.75, 3.05) is 37.9 Å². The van der Waals surface area contributed by atoms with Crippen molar-refractivity contribution in [3.63, 3.8) is 0 Å². The molecule has 1 aromatic carbocycles. The highest BCUT2D eigenvalue weighted by Crippen LogP contribution is 2.27. The second-order valence-corrected chi connectivity index (χ2v) is 4.13. The van der Waals surface area contributed by atoms with Gasteiger partial charge in [0, 0.05) is 26.6 Å². The van der Waals surface area contributed by atoms with Crippen LogP contribution in [0, 0.1) is 0 Å². The minimum absolute atomic E-state index is 0.0369. The Balaban J connectivity index is 2.31. The molecule has 0 saturated heterocycles. The van der Waals surface area contributed by atoms with Crippen LogP contribution in [-0.4, -0.2) is 32.7 Å². The van der Waals surface area contributed by atoms with Crippen molar-refractivity contribution in [1.82, 2.24) is 5.32 Å². The van der Waals surface area contributed by atoms with Gasteiger partial charge in [0.1, 0.15) is 0 Å². The molecule has 0 fully saturated rings. The van der Waals surface area contributed by atoms with Gasteiger partial charge in [0.15, 0.2) is 0 Å². The SMILES string of the molecule is COCCNC(=O)CCNc1c(N)cccc1Cl. The third-order valence-corrected chi connectivity index (χ3v) is 2.64. The highest BCUT2D eigenvalue weighted by atomic mass is 35.5. The van der Waals surface area contributed by atoms with Gasteiger partial charge in [-0.05, 0) is 12.1 Å². The first-order valence-corrected chi connectivity index (χ1v) is 6.06. The maximum atomic E-state index is 11.4. The van der Waals surface area contributed by atoms with Crippen LogP contribution in [0.15, 0.2) is 18.2 Å². The van der Waals surface area contributed by atoms with E-state index in [9.17, 15) is 4.79 Å². The number of nitrogen functional groups attached to an aromatic ring is 1. The van der Waals surface area contributed by atoms with Gasteiger partial charge >= 0.3 is 0 Å². The van der Waals surface area contributed by atoms with Gasteiger partial charge in [0.2, 0.25) is 5.91 Å². The van der Waals surface area contributed by atoms with Gasteiger partial charge in [-0.1, -0.05) is 17.7 Å². The van der Waals surface area contributed by atoms with Crippen molar-refractivity contribution in [2.24, 2.45) is 0 Å². The lowest BCUT2D eigenvalue weighted by Gasteiger charge is -2.11. The summed E-state index contributed by atoms with van der Waals surface area (Å²) in [5.74, 6) is -0.0369. The van der Waals surface area contributed by atoms with Crippen molar-refractivity contribution in [1.29, 1.82) is 0 Å². The van der Waals surface area contributed by atoms with Crippen LogP contribution in [0.3, 0.4) is 0 Å². The molecular weight excluding hydrogens is 254 g/mol. The summed E-state index contributed by atoms with van der Waals surface area (Å²) in [6, 6.07) is 5.28. The molecular formula is C12H18ClN3O2. The number of nitrogens with two attached hydrogens (primary N) is 1. The number of hydrogen-bond acceptors (Lipinski definition) is 4. The fourth-order valence-electron chi connectivity index (χ4n) is 1.41. The molecule has 0 unspecified atom stereocenters. The second-order valence-electron chi connectivity index (χ2n) is 3.72. The largest absolute Gasteiger partial charge is 0.397 e. The Kier molecular flexibility index (Phi) is 6.32. The van der Waals surface area contributed by atoms with Crippen LogP contribution < -0.4 is 16.4 Å². The van der Waals surface area contributed by atoms with E-state index in [1.165, 1.54) is 0 Å². The van der Waals surface area contributed by atoms with E-state index in [1.807, 2.05) is 0 Å². The van der Waals surface area contributed by atoms with E-state index >= 15 is 0 Å². The van der Waals surface area contributed by atoms with Gasteiger partial charge in [-0.3, -0.25) is 4.79 Å². The summed E-state index contributed by atoms with van der Waals surface area (Å²) >= 11 is 5.99. The first kappa shape index (κ1) is 14.6. The molecule has 1 aromatic rings. The Hall–Kier alpha value is -1.46. The molecule has 1 rings (SSSR count).